The van der Waals surface area contributed by atoms with Crippen molar-refractivity contribution < 1.29 is 23.1 Å². The summed E-state index contributed by atoms with van der Waals surface area (Å²) < 4.78 is 26.1. The molecule has 0 radical (unpaired) electrons. The number of carboxylic acids is 1. The van der Waals surface area contributed by atoms with Gasteiger partial charge in [0, 0.05) is 6.04 Å². The van der Waals surface area contributed by atoms with Crippen LogP contribution in [0.2, 0.25) is 0 Å². The molecule has 9 heteroatoms. The zero-order valence-electron chi connectivity index (χ0n) is 11.8. The summed E-state index contributed by atoms with van der Waals surface area (Å²) in [4.78, 5) is 24.0. The Bertz CT molecular complexity index is 583. The van der Waals surface area contributed by atoms with Crippen LogP contribution in [0.1, 0.15) is 20.3 Å². The summed E-state index contributed by atoms with van der Waals surface area (Å²) >= 11 is 1.04. The number of hydrogen-bond donors (Lipinski definition) is 2. The standard InChI is InChI=1S/C12H18N2O5S2/c1-3-9(2)14(8-11(16)17)10(15)7-13-21(18,19)12-5-4-6-20-12/h4-6,9,13H,3,7-8H2,1-2H3,(H,16,17). The van der Waals surface area contributed by atoms with Crippen molar-refractivity contribution in [1.29, 1.82) is 0 Å². The summed E-state index contributed by atoms with van der Waals surface area (Å²) in [5, 5.41) is 10.4. The molecule has 0 aliphatic heterocycles. The van der Waals surface area contributed by atoms with Gasteiger partial charge in [0.1, 0.15) is 10.8 Å². The van der Waals surface area contributed by atoms with Gasteiger partial charge in [0.15, 0.2) is 0 Å². The molecular weight excluding hydrogens is 316 g/mol. The van der Waals surface area contributed by atoms with E-state index in [9.17, 15) is 18.0 Å². The Labute approximate surface area is 127 Å². The van der Waals surface area contributed by atoms with Crippen molar-refractivity contribution >= 4 is 33.2 Å². The van der Waals surface area contributed by atoms with Crippen LogP contribution in [0.5, 0.6) is 0 Å². The minimum Gasteiger partial charge on any atom is -0.480 e. The van der Waals surface area contributed by atoms with Gasteiger partial charge in [-0.3, -0.25) is 9.59 Å². The molecule has 0 aliphatic carbocycles. The lowest BCUT2D eigenvalue weighted by Crippen LogP contribution is -2.46. The largest absolute Gasteiger partial charge is 0.480 e. The van der Waals surface area contributed by atoms with Crippen molar-refractivity contribution in [2.75, 3.05) is 13.1 Å². The highest BCUT2D eigenvalue weighted by molar-refractivity contribution is 7.91. The normalized spacial score (nSPS) is 12.9. The summed E-state index contributed by atoms with van der Waals surface area (Å²) in [6, 6.07) is 2.75. The molecule has 21 heavy (non-hydrogen) atoms. The number of nitrogens with zero attached hydrogens (tertiary/aromatic N) is 1. The van der Waals surface area contributed by atoms with Crippen LogP contribution in [0.15, 0.2) is 21.7 Å². The molecule has 0 saturated carbocycles. The maximum absolute atomic E-state index is 12.0. The van der Waals surface area contributed by atoms with Crippen LogP contribution >= 0.6 is 11.3 Å². The topological polar surface area (TPSA) is 104 Å². The van der Waals surface area contributed by atoms with E-state index in [-0.39, 0.29) is 10.3 Å². The monoisotopic (exact) mass is 334 g/mol. The van der Waals surface area contributed by atoms with Crippen molar-refractivity contribution in [2.45, 2.75) is 30.5 Å². The molecule has 1 rings (SSSR count). The van der Waals surface area contributed by atoms with Gasteiger partial charge in [-0.1, -0.05) is 13.0 Å². The lowest BCUT2D eigenvalue weighted by atomic mass is 10.2. The van der Waals surface area contributed by atoms with Crippen LogP contribution in [-0.2, 0) is 19.6 Å². The molecule has 1 heterocycles. The Hall–Kier alpha value is -1.45. The van der Waals surface area contributed by atoms with Gasteiger partial charge in [-0.2, -0.15) is 0 Å². The molecule has 0 bridgehead atoms. The van der Waals surface area contributed by atoms with Gasteiger partial charge in [0.2, 0.25) is 5.91 Å². The SMILES string of the molecule is CCC(C)N(CC(=O)O)C(=O)CNS(=O)(=O)c1cccs1. The average Bonchev–Trinajstić information content (AvgIpc) is 2.96. The van der Waals surface area contributed by atoms with Gasteiger partial charge >= 0.3 is 5.97 Å². The number of carboxylic acid groups (broad SMARTS) is 1. The van der Waals surface area contributed by atoms with Crippen LogP contribution in [0.25, 0.3) is 0 Å². The molecule has 2 N–H and O–H groups in total. The van der Waals surface area contributed by atoms with Crippen LogP contribution in [0, 0.1) is 0 Å². The molecule has 7 nitrogen and oxygen atoms in total. The number of nitrogens with one attached hydrogen (secondary N) is 1. The third-order valence-electron chi connectivity index (χ3n) is 2.92. The third-order valence-corrected chi connectivity index (χ3v) is 5.72. The average molecular weight is 334 g/mol. The van der Waals surface area contributed by atoms with E-state index >= 15 is 0 Å². The first kappa shape index (κ1) is 17.6. The van der Waals surface area contributed by atoms with Crippen LogP contribution in [0.3, 0.4) is 0 Å². The number of carbonyl (C=O) groups excluding carboxylic acids is 1. The number of sulfonamides is 1. The maximum Gasteiger partial charge on any atom is 0.323 e. The van der Waals surface area contributed by atoms with Crippen LogP contribution < -0.4 is 4.72 Å². The molecule has 118 valence electrons. The molecule has 0 aliphatic rings. The zero-order valence-corrected chi connectivity index (χ0v) is 13.4. The molecular formula is C12H18N2O5S2. The fourth-order valence-electron chi connectivity index (χ4n) is 1.60. The highest BCUT2D eigenvalue weighted by atomic mass is 32.2. The quantitative estimate of drug-likeness (QED) is 0.730. The predicted octanol–water partition coefficient (Wildman–Crippen LogP) is 0.738. The van der Waals surface area contributed by atoms with Gasteiger partial charge in [0.05, 0.1) is 6.54 Å². The van der Waals surface area contributed by atoms with Crippen molar-refractivity contribution in [3.05, 3.63) is 17.5 Å². The summed E-state index contributed by atoms with van der Waals surface area (Å²) in [5.41, 5.74) is 0. The number of carbonyl (C=O) groups is 2. The molecule has 1 unspecified atom stereocenters. The highest BCUT2D eigenvalue weighted by Gasteiger charge is 2.23. The van der Waals surface area contributed by atoms with Gasteiger partial charge < -0.3 is 10.0 Å². The van der Waals surface area contributed by atoms with E-state index in [2.05, 4.69) is 4.72 Å². The Kier molecular flexibility index (Phi) is 6.31. The minimum absolute atomic E-state index is 0.114. The molecule has 1 aromatic heterocycles. The van der Waals surface area contributed by atoms with E-state index in [0.29, 0.717) is 6.42 Å². The summed E-state index contributed by atoms with van der Waals surface area (Å²) in [6.45, 7) is 2.63. The second kappa shape index (κ2) is 7.53. The predicted molar refractivity (Wildman–Crippen MR) is 78.6 cm³/mol. The van der Waals surface area contributed by atoms with Gasteiger partial charge in [-0.25, -0.2) is 13.1 Å². The van der Waals surface area contributed by atoms with Crippen molar-refractivity contribution in [3.63, 3.8) is 0 Å². The van der Waals surface area contributed by atoms with Crippen molar-refractivity contribution in [1.82, 2.24) is 9.62 Å². The van der Waals surface area contributed by atoms with Crippen molar-refractivity contribution in [3.8, 4) is 0 Å². The smallest absolute Gasteiger partial charge is 0.323 e. The maximum atomic E-state index is 12.0. The zero-order chi connectivity index (χ0) is 16.0. The van der Waals surface area contributed by atoms with E-state index in [0.717, 1.165) is 16.2 Å². The molecule has 0 aromatic carbocycles. The van der Waals surface area contributed by atoms with Crippen LogP contribution in [-0.4, -0.2) is 49.4 Å². The molecule has 1 amide bonds. The second-order valence-corrected chi connectivity index (χ2v) is 7.37. The van der Waals surface area contributed by atoms with Crippen LogP contribution in [0.4, 0.5) is 0 Å². The first-order chi connectivity index (χ1) is 9.77. The fraction of sp³-hybridized carbons (Fsp3) is 0.500. The summed E-state index contributed by atoms with van der Waals surface area (Å²) in [7, 11) is -3.73. The first-order valence-electron chi connectivity index (χ1n) is 6.32. The number of hydrogen-bond acceptors (Lipinski definition) is 5. The molecule has 1 atom stereocenters. The van der Waals surface area contributed by atoms with Gasteiger partial charge in [0.25, 0.3) is 10.0 Å². The van der Waals surface area contributed by atoms with E-state index in [4.69, 9.17) is 5.11 Å². The second-order valence-electron chi connectivity index (χ2n) is 4.43. The van der Waals surface area contributed by atoms with Gasteiger partial charge in [-0.15, -0.1) is 11.3 Å². The number of thiophene rings is 1. The van der Waals surface area contributed by atoms with Gasteiger partial charge in [-0.05, 0) is 24.8 Å². The van der Waals surface area contributed by atoms with E-state index in [1.807, 2.05) is 6.92 Å². The summed E-state index contributed by atoms with van der Waals surface area (Å²) in [5.74, 6) is -1.70. The lowest BCUT2D eigenvalue weighted by Gasteiger charge is -2.26. The number of aliphatic carboxylic acids is 1. The lowest BCUT2D eigenvalue weighted by molar-refractivity contribution is -0.145. The number of amides is 1. The van der Waals surface area contributed by atoms with Crippen molar-refractivity contribution in [2.24, 2.45) is 0 Å². The highest BCUT2D eigenvalue weighted by Crippen LogP contribution is 2.15. The fourth-order valence-corrected chi connectivity index (χ4v) is 3.61. The Morgan fingerprint density at radius 2 is 2.14 bits per heavy atom. The third kappa shape index (κ3) is 5.10. The first-order valence-corrected chi connectivity index (χ1v) is 8.68. The minimum atomic E-state index is -3.73. The number of rotatable bonds is 8. The van der Waals surface area contributed by atoms with E-state index in [1.54, 1.807) is 18.4 Å². The molecule has 1 aromatic rings. The Morgan fingerprint density at radius 1 is 1.48 bits per heavy atom. The Morgan fingerprint density at radius 3 is 2.62 bits per heavy atom. The molecule has 0 fully saturated rings. The Balaban J connectivity index is 2.72. The summed E-state index contributed by atoms with van der Waals surface area (Å²) in [6.07, 6.45) is 0.580. The van der Waals surface area contributed by atoms with E-state index < -0.39 is 35.0 Å². The molecule has 0 spiro atoms. The molecule has 0 saturated heterocycles. The van der Waals surface area contributed by atoms with E-state index in [1.165, 1.54) is 6.07 Å².